The van der Waals surface area contributed by atoms with E-state index in [4.69, 9.17) is 4.74 Å². The quantitative estimate of drug-likeness (QED) is 0.628. The van der Waals surface area contributed by atoms with Gasteiger partial charge in [0.2, 0.25) is 0 Å². The third-order valence-corrected chi connectivity index (χ3v) is 3.74. The normalized spacial score (nSPS) is 14.4. The molecule has 0 bridgehead atoms. The van der Waals surface area contributed by atoms with Crippen LogP contribution >= 0.6 is 0 Å². The second kappa shape index (κ2) is 5.31. The summed E-state index contributed by atoms with van der Waals surface area (Å²) in [6.07, 6.45) is 0.794. The largest absolute Gasteiger partial charge is 0.469 e. The number of fused-ring (bicyclic) bond motifs is 1. The van der Waals surface area contributed by atoms with Crippen LogP contribution < -0.4 is 4.90 Å². The number of benzene rings is 1. The SMILES string of the molecule is CCc1ccc2c(c1)C(=O)C(=O)N2CC(C)(C)C(=O)OC. The Kier molecular flexibility index (Phi) is 3.85. The summed E-state index contributed by atoms with van der Waals surface area (Å²) in [5, 5.41) is 0. The van der Waals surface area contributed by atoms with Crippen molar-refractivity contribution >= 4 is 23.3 Å². The molecule has 1 aliphatic heterocycles. The number of ketones is 1. The zero-order valence-corrected chi connectivity index (χ0v) is 12.7. The van der Waals surface area contributed by atoms with E-state index in [9.17, 15) is 14.4 Å². The van der Waals surface area contributed by atoms with Crippen molar-refractivity contribution in [2.45, 2.75) is 27.2 Å². The van der Waals surface area contributed by atoms with Gasteiger partial charge in [0.1, 0.15) is 0 Å². The fraction of sp³-hybridized carbons (Fsp3) is 0.438. The van der Waals surface area contributed by atoms with Crippen molar-refractivity contribution in [1.29, 1.82) is 0 Å². The van der Waals surface area contributed by atoms with Gasteiger partial charge in [0.25, 0.3) is 11.7 Å². The van der Waals surface area contributed by atoms with Gasteiger partial charge in [0, 0.05) is 6.54 Å². The summed E-state index contributed by atoms with van der Waals surface area (Å²) in [5.41, 5.74) is 1.11. The second-order valence-corrected chi connectivity index (χ2v) is 5.80. The standard InChI is InChI=1S/C16H19NO4/c1-5-10-6-7-12-11(8-10)13(18)14(19)17(12)9-16(2,3)15(20)21-4/h6-8H,5,9H2,1-4H3. The minimum atomic E-state index is -0.879. The molecule has 0 fully saturated rings. The number of anilines is 1. The number of hydrogen-bond donors (Lipinski definition) is 0. The fourth-order valence-corrected chi connectivity index (χ4v) is 2.46. The maximum absolute atomic E-state index is 12.2. The van der Waals surface area contributed by atoms with E-state index in [1.807, 2.05) is 13.0 Å². The van der Waals surface area contributed by atoms with Gasteiger partial charge in [-0.15, -0.1) is 0 Å². The number of amides is 1. The number of hydrogen-bond acceptors (Lipinski definition) is 4. The average Bonchev–Trinajstić information content (AvgIpc) is 2.70. The molecule has 0 saturated heterocycles. The fourth-order valence-electron chi connectivity index (χ4n) is 2.46. The van der Waals surface area contributed by atoms with E-state index in [2.05, 4.69) is 0 Å². The maximum Gasteiger partial charge on any atom is 0.313 e. The van der Waals surface area contributed by atoms with Gasteiger partial charge in [-0.3, -0.25) is 14.4 Å². The Hall–Kier alpha value is -2.17. The molecule has 21 heavy (non-hydrogen) atoms. The molecule has 0 spiro atoms. The number of Topliss-reactive ketones (excluding diaryl/α,β-unsaturated/α-hetero) is 1. The molecule has 1 aromatic rings. The number of nitrogens with zero attached hydrogens (tertiary/aromatic N) is 1. The molecule has 0 saturated carbocycles. The lowest BCUT2D eigenvalue weighted by atomic mass is 9.93. The van der Waals surface area contributed by atoms with Crippen LogP contribution in [0.5, 0.6) is 0 Å². The van der Waals surface area contributed by atoms with Crippen LogP contribution in [0.3, 0.4) is 0 Å². The molecule has 1 heterocycles. The Balaban J connectivity index is 2.38. The van der Waals surface area contributed by atoms with Crippen molar-refractivity contribution in [3.8, 4) is 0 Å². The summed E-state index contributed by atoms with van der Waals surface area (Å²) in [4.78, 5) is 37.4. The number of aryl methyl sites for hydroxylation is 1. The summed E-state index contributed by atoms with van der Waals surface area (Å²) < 4.78 is 4.75. The van der Waals surface area contributed by atoms with Gasteiger partial charge < -0.3 is 9.64 Å². The summed E-state index contributed by atoms with van der Waals surface area (Å²) in [6.45, 7) is 5.48. The average molecular weight is 289 g/mol. The molecule has 0 radical (unpaired) electrons. The summed E-state index contributed by atoms with van der Waals surface area (Å²) >= 11 is 0. The first-order valence-electron chi connectivity index (χ1n) is 6.89. The van der Waals surface area contributed by atoms with E-state index in [0.29, 0.717) is 11.3 Å². The Morgan fingerprint density at radius 3 is 2.52 bits per heavy atom. The van der Waals surface area contributed by atoms with E-state index in [1.165, 1.54) is 12.0 Å². The summed E-state index contributed by atoms with van der Waals surface area (Å²) in [7, 11) is 1.31. The minimum absolute atomic E-state index is 0.114. The van der Waals surface area contributed by atoms with Crippen LogP contribution in [0.25, 0.3) is 0 Å². The van der Waals surface area contributed by atoms with Crippen LogP contribution in [0.2, 0.25) is 0 Å². The van der Waals surface area contributed by atoms with Crippen molar-refractivity contribution in [1.82, 2.24) is 0 Å². The summed E-state index contributed by atoms with van der Waals surface area (Å²) in [5.74, 6) is -1.52. The van der Waals surface area contributed by atoms with Gasteiger partial charge in [0.15, 0.2) is 0 Å². The van der Waals surface area contributed by atoms with Crippen molar-refractivity contribution < 1.29 is 19.1 Å². The molecule has 5 heteroatoms. The van der Waals surface area contributed by atoms with E-state index in [-0.39, 0.29) is 6.54 Å². The molecule has 0 aromatic heterocycles. The molecule has 5 nitrogen and oxygen atoms in total. The van der Waals surface area contributed by atoms with Gasteiger partial charge in [-0.05, 0) is 38.0 Å². The van der Waals surface area contributed by atoms with E-state index < -0.39 is 23.1 Å². The van der Waals surface area contributed by atoms with Crippen LogP contribution in [-0.4, -0.2) is 31.3 Å². The zero-order valence-electron chi connectivity index (χ0n) is 12.7. The Morgan fingerprint density at radius 1 is 1.29 bits per heavy atom. The molecular formula is C16H19NO4. The molecular weight excluding hydrogens is 270 g/mol. The highest BCUT2D eigenvalue weighted by molar-refractivity contribution is 6.52. The molecule has 1 aromatic carbocycles. The first-order chi connectivity index (χ1) is 9.81. The van der Waals surface area contributed by atoms with E-state index in [1.54, 1.807) is 26.0 Å². The number of methoxy groups -OCH3 is 1. The number of esters is 1. The van der Waals surface area contributed by atoms with Crippen LogP contribution in [0.15, 0.2) is 18.2 Å². The third kappa shape index (κ3) is 2.55. The lowest BCUT2D eigenvalue weighted by Gasteiger charge is -2.27. The van der Waals surface area contributed by atoms with Crippen LogP contribution in [-0.2, 0) is 20.7 Å². The molecule has 2 rings (SSSR count). The lowest BCUT2D eigenvalue weighted by molar-refractivity contribution is -0.150. The van der Waals surface area contributed by atoms with Crippen molar-refractivity contribution in [3.63, 3.8) is 0 Å². The number of rotatable bonds is 4. The molecule has 0 atom stereocenters. The van der Waals surface area contributed by atoms with Gasteiger partial charge in [-0.1, -0.05) is 13.0 Å². The van der Waals surface area contributed by atoms with Gasteiger partial charge in [-0.25, -0.2) is 0 Å². The third-order valence-electron chi connectivity index (χ3n) is 3.74. The van der Waals surface area contributed by atoms with E-state index >= 15 is 0 Å². The predicted molar refractivity (Wildman–Crippen MR) is 78.3 cm³/mol. The Morgan fingerprint density at radius 2 is 1.95 bits per heavy atom. The lowest BCUT2D eigenvalue weighted by Crippen LogP contribution is -2.42. The van der Waals surface area contributed by atoms with Crippen molar-refractivity contribution in [3.05, 3.63) is 29.3 Å². The zero-order chi connectivity index (χ0) is 15.8. The van der Waals surface area contributed by atoms with Crippen LogP contribution in [0, 0.1) is 5.41 Å². The predicted octanol–water partition coefficient (Wildman–Crippen LogP) is 1.98. The van der Waals surface area contributed by atoms with Crippen molar-refractivity contribution in [2.75, 3.05) is 18.6 Å². The number of ether oxygens (including phenoxy) is 1. The highest BCUT2D eigenvalue weighted by atomic mass is 16.5. The Bertz CT molecular complexity index is 619. The van der Waals surface area contributed by atoms with Crippen molar-refractivity contribution in [2.24, 2.45) is 5.41 Å². The minimum Gasteiger partial charge on any atom is -0.469 e. The van der Waals surface area contributed by atoms with Gasteiger partial charge >= 0.3 is 5.97 Å². The molecule has 0 aliphatic carbocycles. The van der Waals surface area contributed by atoms with Gasteiger partial charge in [-0.2, -0.15) is 0 Å². The number of carbonyl (C=O) groups is 3. The summed E-state index contributed by atoms with van der Waals surface area (Å²) in [6, 6.07) is 5.41. The molecule has 1 aliphatic rings. The first-order valence-corrected chi connectivity index (χ1v) is 6.89. The second-order valence-electron chi connectivity index (χ2n) is 5.80. The highest BCUT2D eigenvalue weighted by Gasteiger charge is 2.41. The molecule has 0 N–H and O–H groups in total. The monoisotopic (exact) mass is 289 g/mol. The molecule has 0 unspecified atom stereocenters. The topological polar surface area (TPSA) is 63.7 Å². The maximum atomic E-state index is 12.2. The van der Waals surface area contributed by atoms with Crippen LogP contribution in [0.1, 0.15) is 36.7 Å². The first kappa shape index (κ1) is 15.2. The number of carbonyl (C=O) groups excluding carboxylic acids is 3. The highest BCUT2D eigenvalue weighted by Crippen LogP contribution is 2.33. The smallest absolute Gasteiger partial charge is 0.313 e. The molecule has 112 valence electrons. The molecule has 1 amide bonds. The van der Waals surface area contributed by atoms with Crippen LogP contribution in [0.4, 0.5) is 5.69 Å². The van der Waals surface area contributed by atoms with Gasteiger partial charge in [0.05, 0.1) is 23.8 Å². The Labute approximate surface area is 123 Å². The van der Waals surface area contributed by atoms with E-state index in [0.717, 1.165) is 12.0 Å².